The van der Waals surface area contributed by atoms with Crippen molar-refractivity contribution in [1.82, 2.24) is 4.98 Å². The number of halogens is 1. The Bertz CT molecular complexity index is 456. The number of pyridine rings is 1. The van der Waals surface area contributed by atoms with Crippen LogP contribution in [0.3, 0.4) is 0 Å². The summed E-state index contributed by atoms with van der Waals surface area (Å²) in [5.41, 5.74) is 1.84. The first-order chi connectivity index (χ1) is 7.31. The Kier molecular flexibility index (Phi) is 2.74. The van der Waals surface area contributed by atoms with Gasteiger partial charge in [-0.2, -0.15) is 0 Å². The highest BCUT2D eigenvalue weighted by molar-refractivity contribution is 5.59. The number of hydrogen-bond acceptors (Lipinski definition) is 2. The van der Waals surface area contributed by atoms with E-state index in [1.165, 1.54) is 0 Å². The highest BCUT2D eigenvalue weighted by atomic mass is 19.1. The van der Waals surface area contributed by atoms with Gasteiger partial charge >= 0.3 is 0 Å². The second-order valence-electron chi connectivity index (χ2n) is 3.19. The maximum absolute atomic E-state index is 13.1. The molecule has 0 aliphatic carbocycles. The maximum Gasteiger partial charge on any atom is 0.147 e. The van der Waals surface area contributed by atoms with E-state index in [2.05, 4.69) is 4.98 Å². The fraction of sp³-hybridized carbons (Fsp3) is 0.0833. The fourth-order valence-electron chi connectivity index (χ4n) is 1.37. The maximum atomic E-state index is 13.1. The number of aliphatic hydroxyl groups is 1. The van der Waals surface area contributed by atoms with Gasteiger partial charge in [0.05, 0.1) is 18.5 Å². The van der Waals surface area contributed by atoms with Gasteiger partial charge in [0.15, 0.2) is 0 Å². The van der Waals surface area contributed by atoms with Crippen molar-refractivity contribution < 1.29 is 9.50 Å². The van der Waals surface area contributed by atoms with Gasteiger partial charge in [-0.3, -0.25) is 4.98 Å². The molecule has 2 nitrogen and oxygen atoms in total. The summed E-state index contributed by atoms with van der Waals surface area (Å²) in [5, 5.41) is 8.92. The van der Waals surface area contributed by atoms with Crippen molar-refractivity contribution in [3.05, 3.63) is 54.0 Å². The van der Waals surface area contributed by atoms with E-state index < -0.39 is 5.82 Å². The van der Waals surface area contributed by atoms with Crippen molar-refractivity contribution in [2.24, 2.45) is 0 Å². The highest BCUT2D eigenvalue weighted by Gasteiger charge is 2.04. The Balaban J connectivity index is 2.46. The first-order valence-corrected chi connectivity index (χ1v) is 4.62. The Labute approximate surface area is 87.0 Å². The van der Waals surface area contributed by atoms with E-state index in [1.54, 1.807) is 6.07 Å². The van der Waals surface area contributed by atoms with Crippen LogP contribution in [0, 0.1) is 5.82 Å². The molecule has 0 aliphatic heterocycles. The molecule has 1 N–H and O–H groups in total. The van der Waals surface area contributed by atoms with Gasteiger partial charge < -0.3 is 5.11 Å². The van der Waals surface area contributed by atoms with E-state index >= 15 is 0 Å². The van der Waals surface area contributed by atoms with Gasteiger partial charge in [-0.05, 0) is 6.07 Å². The number of rotatable bonds is 2. The van der Waals surface area contributed by atoms with Crippen molar-refractivity contribution in [2.45, 2.75) is 6.61 Å². The van der Waals surface area contributed by atoms with Crippen LogP contribution in [0.15, 0.2) is 42.6 Å². The van der Waals surface area contributed by atoms with E-state index in [1.807, 2.05) is 30.3 Å². The first kappa shape index (κ1) is 9.80. The minimum absolute atomic E-state index is 0.267. The summed E-state index contributed by atoms with van der Waals surface area (Å²) < 4.78 is 13.1. The molecule has 2 rings (SSSR count). The van der Waals surface area contributed by atoms with Gasteiger partial charge in [0.2, 0.25) is 0 Å². The number of aliphatic hydroxyl groups excluding tert-OH is 1. The topological polar surface area (TPSA) is 33.1 Å². The molecule has 1 heterocycles. The lowest BCUT2D eigenvalue weighted by Crippen LogP contribution is -1.93. The molecule has 2 aromatic rings. The summed E-state index contributed by atoms with van der Waals surface area (Å²) in [4.78, 5) is 3.97. The second-order valence-corrected chi connectivity index (χ2v) is 3.19. The predicted molar refractivity (Wildman–Crippen MR) is 55.6 cm³/mol. The van der Waals surface area contributed by atoms with Gasteiger partial charge in [-0.1, -0.05) is 30.3 Å². The van der Waals surface area contributed by atoms with Crippen LogP contribution < -0.4 is 0 Å². The molecular formula is C12H10FNO. The molecule has 15 heavy (non-hydrogen) atoms. The lowest BCUT2D eigenvalue weighted by atomic mass is 10.1. The zero-order valence-electron chi connectivity index (χ0n) is 8.02. The van der Waals surface area contributed by atoms with E-state index in [4.69, 9.17) is 5.11 Å². The van der Waals surface area contributed by atoms with Crippen LogP contribution in [0.25, 0.3) is 11.3 Å². The minimum atomic E-state index is -0.475. The zero-order valence-corrected chi connectivity index (χ0v) is 8.02. The van der Waals surface area contributed by atoms with Crippen molar-refractivity contribution in [3.8, 4) is 11.3 Å². The third-order valence-electron chi connectivity index (χ3n) is 2.17. The fourth-order valence-corrected chi connectivity index (χ4v) is 1.37. The second kappa shape index (κ2) is 4.19. The smallest absolute Gasteiger partial charge is 0.147 e. The lowest BCUT2D eigenvalue weighted by molar-refractivity contribution is 0.275. The van der Waals surface area contributed by atoms with Crippen LogP contribution in [-0.2, 0) is 6.61 Å². The van der Waals surface area contributed by atoms with E-state index in [0.717, 1.165) is 11.8 Å². The summed E-state index contributed by atoms with van der Waals surface area (Å²) in [7, 11) is 0. The molecule has 0 atom stereocenters. The molecule has 0 saturated carbocycles. The average Bonchev–Trinajstić information content (AvgIpc) is 2.31. The van der Waals surface area contributed by atoms with Crippen LogP contribution in [0.1, 0.15) is 5.56 Å². The van der Waals surface area contributed by atoms with Crippen molar-refractivity contribution >= 4 is 0 Å². The Hall–Kier alpha value is -1.74. The number of benzene rings is 1. The predicted octanol–water partition coefficient (Wildman–Crippen LogP) is 2.38. The van der Waals surface area contributed by atoms with Gasteiger partial charge in [-0.15, -0.1) is 0 Å². The Morgan fingerprint density at radius 1 is 1.20 bits per heavy atom. The molecule has 0 radical (unpaired) electrons. The normalized spacial score (nSPS) is 10.3. The van der Waals surface area contributed by atoms with Crippen molar-refractivity contribution in [2.75, 3.05) is 0 Å². The molecule has 0 bridgehead atoms. The van der Waals surface area contributed by atoms with Gasteiger partial charge in [-0.25, -0.2) is 4.39 Å². The monoisotopic (exact) mass is 203 g/mol. The van der Waals surface area contributed by atoms with Crippen molar-refractivity contribution in [1.29, 1.82) is 0 Å². The minimum Gasteiger partial charge on any atom is -0.392 e. The van der Waals surface area contributed by atoms with E-state index in [-0.39, 0.29) is 12.2 Å². The highest BCUT2D eigenvalue weighted by Crippen LogP contribution is 2.18. The average molecular weight is 203 g/mol. The Morgan fingerprint density at radius 2 is 1.93 bits per heavy atom. The van der Waals surface area contributed by atoms with Crippen LogP contribution in [0.4, 0.5) is 4.39 Å². The third-order valence-corrected chi connectivity index (χ3v) is 2.17. The molecule has 0 spiro atoms. The standard InChI is InChI=1S/C12H10FNO/c13-11-7-14-12(6-10(11)8-15)9-4-2-1-3-5-9/h1-7,15H,8H2. The molecule has 0 unspecified atom stereocenters. The number of aromatic nitrogens is 1. The largest absolute Gasteiger partial charge is 0.392 e. The zero-order chi connectivity index (χ0) is 10.7. The third kappa shape index (κ3) is 2.02. The summed E-state index contributed by atoms with van der Waals surface area (Å²) >= 11 is 0. The molecule has 0 fully saturated rings. The van der Waals surface area contributed by atoms with Gasteiger partial charge in [0, 0.05) is 11.1 Å². The van der Waals surface area contributed by atoms with Crippen LogP contribution in [0.5, 0.6) is 0 Å². The summed E-state index contributed by atoms with van der Waals surface area (Å²) in [6.07, 6.45) is 1.13. The molecule has 1 aromatic carbocycles. The molecule has 1 aromatic heterocycles. The molecular weight excluding hydrogens is 193 g/mol. The van der Waals surface area contributed by atoms with Crippen LogP contribution in [-0.4, -0.2) is 10.1 Å². The van der Waals surface area contributed by atoms with Gasteiger partial charge in [0.1, 0.15) is 5.82 Å². The summed E-state index contributed by atoms with van der Waals surface area (Å²) in [6.45, 7) is -0.311. The molecule has 0 amide bonds. The summed E-state index contributed by atoms with van der Waals surface area (Å²) in [6, 6.07) is 11.0. The lowest BCUT2D eigenvalue weighted by Gasteiger charge is -2.03. The van der Waals surface area contributed by atoms with Crippen LogP contribution >= 0.6 is 0 Å². The van der Waals surface area contributed by atoms with Crippen molar-refractivity contribution in [3.63, 3.8) is 0 Å². The van der Waals surface area contributed by atoms with Gasteiger partial charge in [0.25, 0.3) is 0 Å². The quantitative estimate of drug-likeness (QED) is 0.812. The first-order valence-electron chi connectivity index (χ1n) is 4.62. The molecule has 0 aliphatic rings. The number of nitrogens with zero attached hydrogens (tertiary/aromatic N) is 1. The van der Waals surface area contributed by atoms with E-state index in [9.17, 15) is 4.39 Å². The SMILES string of the molecule is OCc1cc(-c2ccccc2)ncc1F. The van der Waals surface area contributed by atoms with E-state index in [0.29, 0.717) is 5.69 Å². The molecule has 76 valence electrons. The van der Waals surface area contributed by atoms with Crippen LogP contribution in [0.2, 0.25) is 0 Å². The number of hydrogen-bond donors (Lipinski definition) is 1. The summed E-state index contributed by atoms with van der Waals surface area (Å²) in [5.74, 6) is -0.475. The molecule has 0 saturated heterocycles. The molecule has 3 heteroatoms. The Morgan fingerprint density at radius 3 is 2.60 bits per heavy atom.